The fourth-order valence-electron chi connectivity index (χ4n) is 3.55. The highest BCUT2D eigenvalue weighted by molar-refractivity contribution is 7.15. The van der Waals surface area contributed by atoms with Gasteiger partial charge in [-0.1, -0.05) is 60.4 Å². The zero-order valence-corrected chi connectivity index (χ0v) is 14.8. The van der Waals surface area contributed by atoms with Gasteiger partial charge in [0.05, 0.1) is 5.41 Å². The number of amides is 1. The van der Waals surface area contributed by atoms with E-state index in [1.807, 2.05) is 14.0 Å². The third kappa shape index (κ3) is 3.02. The number of rotatable bonds is 3. The minimum absolute atomic E-state index is 0.152. The largest absolute Gasteiger partial charge is 0.289 e. The zero-order valence-electron chi connectivity index (χ0n) is 14.0. The Labute approximate surface area is 141 Å². The van der Waals surface area contributed by atoms with Crippen LogP contribution in [0.2, 0.25) is 0 Å². The van der Waals surface area contributed by atoms with Crippen molar-refractivity contribution >= 4 is 22.4 Å². The quantitative estimate of drug-likeness (QED) is 0.854. The van der Waals surface area contributed by atoms with Gasteiger partial charge in [-0.2, -0.15) is 0 Å². The highest BCUT2D eigenvalue weighted by atomic mass is 32.1. The molecule has 0 N–H and O–H groups in total. The average molecular weight is 329 g/mol. The van der Waals surface area contributed by atoms with Crippen molar-refractivity contribution in [3.8, 4) is 0 Å². The molecule has 1 aliphatic rings. The smallest absolute Gasteiger partial charge is 0.239 e. The molecule has 1 amide bonds. The second-order valence-corrected chi connectivity index (χ2v) is 7.64. The number of likely N-dealkylation sites (N-methyl/N-ethyl adjacent to an activating group) is 1. The molecule has 0 unspecified atom stereocenters. The van der Waals surface area contributed by atoms with E-state index in [1.165, 1.54) is 23.3 Å². The lowest BCUT2D eigenvalue weighted by Gasteiger charge is -2.38. The van der Waals surface area contributed by atoms with Crippen molar-refractivity contribution in [2.24, 2.45) is 0 Å². The lowest BCUT2D eigenvalue weighted by Crippen LogP contribution is -2.46. The Balaban J connectivity index is 2.00. The van der Waals surface area contributed by atoms with Gasteiger partial charge in [0.2, 0.25) is 11.0 Å². The van der Waals surface area contributed by atoms with Crippen LogP contribution in [0.3, 0.4) is 0 Å². The minimum Gasteiger partial charge on any atom is -0.289 e. The topological polar surface area (TPSA) is 46.1 Å². The fourth-order valence-corrected chi connectivity index (χ4v) is 4.20. The average Bonchev–Trinajstić information content (AvgIpc) is 3.00. The summed E-state index contributed by atoms with van der Waals surface area (Å²) >= 11 is 1.47. The first-order chi connectivity index (χ1) is 11.0. The molecule has 0 spiro atoms. The van der Waals surface area contributed by atoms with Crippen LogP contribution in [0.5, 0.6) is 0 Å². The first kappa shape index (κ1) is 16.1. The van der Waals surface area contributed by atoms with Crippen LogP contribution in [0.15, 0.2) is 24.3 Å². The molecule has 2 aromatic rings. The van der Waals surface area contributed by atoms with Gasteiger partial charge >= 0.3 is 0 Å². The van der Waals surface area contributed by atoms with Crippen LogP contribution in [0.25, 0.3) is 0 Å². The van der Waals surface area contributed by atoms with Gasteiger partial charge in [-0.05, 0) is 32.3 Å². The molecule has 0 atom stereocenters. The molecule has 122 valence electrons. The van der Waals surface area contributed by atoms with Crippen molar-refractivity contribution in [1.29, 1.82) is 0 Å². The SMILES string of the molecule is Cc1cccc(C2(C(=O)N(C)c3nnc(C)s3)CCCCC2)c1. The van der Waals surface area contributed by atoms with Crippen molar-refractivity contribution < 1.29 is 4.79 Å². The first-order valence-corrected chi connectivity index (χ1v) is 9.00. The monoisotopic (exact) mass is 329 g/mol. The summed E-state index contributed by atoms with van der Waals surface area (Å²) in [5, 5.41) is 9.76. The van der Waals surface area contributed by atoms with Gasteiger partial charge in [0, 0.05) is 7.05 Å². The number of carbonyl (C=O) groups is 1. The van der Waals surface area contributed by atoms with E-state index in [0.717, 1.165) is 36.3 Å². The van der Waals surface area contributed by atoms with Crippen molar-refractivity contribution in [3.05, 3.63) is 40.4 Å². The van der Waals surface area contributed by atoms with E-state index in [-0.39, 0.29) is 5.91 Å². The third-order valence-electron chi connectivity index (χ3n) is 4.79. The second-order valence-electron chi connectivity index (χ2n) is 6.48. The summed E-state index contributed by atoms with van der Waals surface area (Å²) in [5.41, 5.74) is 1.93. The van der Waals surface area contributed by atoms with E-state index in [0.29, 0.717) is 5.13 Å². The van der Waals surface area contributed by atoms with Gasteiger partial charge in [0.25, 0.3) is 0 Å². The molecule has 1 aromatic carbocycles. The standard InChI is InChI=1S/C18H23N3OS/c1-13-8-7-9-15(12-13)18(10-5-4-6-11-18)16(22)21(3)17-20-19-14(2)23-17/h7-9,12H,4-6,10-11H2,1-3H3. The summed E-state index contributed by atoms with van der Waals surface area (Å²) in [6.07, 6.45) is 5.24. The van der Waals surface area contributed by atoms with Crippen LogP contribution in [0.4, 0.5) is 5.13 Å². The summed E-state index contributed by atoms with van der Waals surface area (Å²) in [7, 11) is 1.83. The van der Waals surface area contributed by atoms with E-state index in [9.17, 15) is 4.79 Å². The fraction of sp³-hybridized carbons (Fsp3) is 0.500. The highest BCUT2D eigenvalue weighted by Crippen LogP contribution is 2.42. The number of nitrogens with zero attached hydrogens (tertiary/aromatic N) is 3. The van der Waals surface area contributed by atoms with Gasteiger partial charge < -0.3 is 0 Å². The number of anilines is 1. The van der Waals surface area contributed by atoms with Crippen LogP contribution < -0.4 is 4.90 Å². The van der Waals surface area contributed by atoms with Crippen molar-refractivity contribution in [2.45, 2.75) is 51.4 Å². The molecular weight excluding hydrogens is 306 g/mol. The highest BCUT2D eigenvalue weighted by Gasteiger charge is 2.43. The number of carbonyl (C=O) groups excluding carboxylic acids is 1. The lowest BCUT2D eigenvalue weighted by atomic mass is 9.68. The Hall–Kier alpha value is -1.75. The number of hydrogen-bond donors (Lipinski definition) is 0. The van der Waals surface area contributed by atoms with E-state index in [1.54, 1.807) is 4.90 Å². The second kappa shape index (κ2) is 6.40. The van der Waals surface area contributed by atoms with Crippen LogP contribution >= 0.6 is 11.3 Å². The van der Waals surface area contributed by atoms with E-state index < -0.39 is 5.41 Å². The van der Waals surface area contributed by atoms with Crippen molar-refractivity contribution in [3.63, 3.8) is 0 Å². The van der Waals surface area contributed by atoms with Crippen LogP contribution in [0.1, 0.15) is 48.2 Å². The van der Waals surface area contributed by atoms with Crippen molar-refractivity contribution in [2.75, 3.05) is 11.9 Å². The summed E-state index contributed by atoms with van der Waals surface area (Å²) in [4.78, 5) is 15.1. The van der Waals surface area contributed by atoms with Crippen molar-refractivity contribution in [1.82, 2.24) is 10.2 Å². The maximum absolute atomic E-state index is 13.4. The molecule has 1 heterocycles. The lowest BCUT2D eigenvalue weighted by molar-refractivity contribution is -0.125. The molecular formula is C18H23N3OS. The molecule has 0 aliphatic heterocycles. The predicted octanol–water partition coefficient (Wildman–Crippen LogP) is 4.02. The Morgan fingerprint density at radius 2 is 1.91 bits per heavy atom. The Bertz CT molecular complexity index is 704. The maximum Gasteiger partial charge on any atom is 0.239 e. The van der Waals surface area contributed by atoms with Gasteiger partial charge in [0.15, 0.2) is 0 Å². The Morgan fingerprint density at radius 3 is 2.52 bits per heavy atom. The van der Waals surface area contributed by atoms with Gasteiger partial charge in [-0.25, -0.2) is 0 Å². The van der Waals surface area contributed by atoms with E-state index in [2.05, 4.69) is 41.4 Å². The molecule has 23 heavy (non-hydrogen) atoms. The molecule has 1 aromatic heterocycles. The Kier molecular flexibility index (Phi) is 4.48. The van der Waals surface area contributed by atoms with E-state index in [4.69, 9.17) is 0 Å². The van der Waals surface area contributed by atoms with E-state index >= 15 is 0 Å². The third-order valence-corrected chi connectivity index (χ3v) is 5.71. The summed E-state index contributed by atoms with van der Waals surface area (Å²) in [6, 6.07) is 8.42. The van der Waals surface area contributed by atoms with Gasteiger partial charge in [0.1, 0.15) is 5.01 Å². The van der Waals surface area contributed by atoms with Gasteiger partial charge in [-0.15, -0.1) is 10.2 Å². The predicted molar refractivity (Wildman–Crippen MR) is 94.0 cm³/mol. The van der Waals surface area contributed by atoms with Crippen LogP contribution in [0, 0.1) is 13.8 Å². The molecule has 0 radical (unpaired) electrons. The number of hydrogen-bond acceptors (Lipinski definition) is 4. The van der Waals surface area contributed by atoms with Gasteiger partial charge in [-0.3, -0.25) is 9.69 Å². The minimum atomic E-state index is -0.418. The molecule has 4 nitrogen and oxygen atoms in total. The Morgan fingerprint density at radius 1 is 1.17 bits per heavy atom. The molecule has 1 aliphatic carbocycles. The molecule has 3 rings (SSSR count). The van der Waals surface area contributed by atoms with Crippen LogP contribution in [-0.4, -0.2) is 23.2 Å². The molecule has 0 saturated heterocycles. The zero-order chi connectivity index (χ0) is 16.4. The maximum atomic E-state index is 13.4. The molecule has 0 bridgehead atoms. The number of aromatic nitrogens is 2. The summed E-state index contributed by atoms with van der Waals surface area (Å²) in [6.45, 7) is 4.00. The first-order valence-electron chi connectivity index (χ1n) is 8.18. The molecule has 5 heteroatoms. The van der Waals surface area contributed by atoms with Crippen LogP contribution in [-0.2, 0) is 10.2 Å². The molecule has 1 saturated carbocycles. The molecule has 1 fully saturated rings. The summed E-state index contributed by atoms with van der Waals surface area (Å²) < 4.78 is 0. The number of benzene rings is 1. The number of aryl methyl sites for hydroxylation is 2. The normalized spacial score (nSPS) is 17.0. The summed E-state index contributed by atoms with van der Waals surface area (Å²) in [5.74, 6) is 0.152.